The first-order valence-corrected chi connectivity index (χ1v) is 8.22. The number of nitrogens with one attached hydrogen (secondary N) is 1. The first-order chi connectivity index (χ1) is 9.51. The van der Waals surface area contributed by atoms with Crippen LogP contribution in [0.2, 0.25) is 10.0 Å². The fourth-order valence-corrected chi connectivity index (χ4v) is 3.29. The summed E-state index contributed by atoms with van der Waals surface area (Å²) in [7, 11) is 0. The predicted octanol–water partition coefficient (Wildman–Crippen LogP) is 5.63. The van der Waals surface area contributed by atoms with Crippen molar-refractivity contribution in [3.63, 3.8) is 0 Å². The van der Waals surface area contributed by atoms with E-state index in [-0.39, 0.29) is 6.04 Å². The normalized spacial score (nSPS) is 12.2. The highest BCUT2D eigenvalue weighted by molar-refractivity contribution is 9.10. The Morgan fingerprint density at radius 1 is 1.05 bits per heavy atom. The molecule has 2 aromatic rings. The second kappa shape index (κ2) is 7.14. The lowest BCUT2D eigenvalue weighted by atomic mass is 10.1. The van der Waals surface area contributed by atoms with Gasteiger partial charge in [0, 0.05) is 26.2 Å². The van der Waals surface area contributed by atoms with E-state index in [0.29, 0.717) is 16.6 Å². The Morgan fingerprint density at radius 2 is 1.80 bits per heavy atom. The third kappa shape index (κ3) is 3.89. The van der Waals surface area contributed by atoms with E-state index in [1.165, 1.54) is 0 Å². The number of benzene rings is 2. The maximum Gasteiger partial charge on any atom is 0.0647 e. The van der Waals surface area contributed by atoms with Crippen LogP contribution in [0.4, 0.5) is 5.69 Å². The molecule has 0 heterocycles. The molecule has 0 aliphatic carbocycles. The molecule has 0 aliphatic heterocycles. The van der Waals surface area contributed by atoms with Crippen LogP contribution in [0.25, 0.3) is 0 Å². The van der Waals surface area contributed by atoms with Gasteiger partial charge >= 0.3 is 0 Å². The van der Waals surface area contributed by atoms with Gasteiger partial charge in [-0.15, -0.1) is 0 Å². The van der Waals surface area contributed by atoms with Gasteiger partial charge in [0.2, 0.25) is 0 Å². The molecular weight excluding hydrogens is 427 g/mol. The summed E-state index contributed by atoms with van der Waals surface area (Å²) in [5.74, 6) is 0. The van der Waals surface area contributed by atoms with Gasteiger partial charge in [0.15, 0.2) is 0 Å². The molecule has 3 N–H and O–H groups in total. The number of hydrogen-bond acceptors (Lipinski definition) is 2. The molecule has 0 saturated heterocycles. The summed E-state index contributed by atoms with van der Waals surface area (Å²) in [6.07, 6.45) is 0. The zero-order valence-corrected chi connectivity index (χ0v) is 15.0. The SMILES string of the molecule is NCC(Nc1ccc(Cl)c(Br)c1)c1ccc(Cl)cc1Br. The van der Waals surface area contributed by atoms with Gasteiger partial charge in [0.05, 0.1) is 11.1 Å². The maximum absolute atomic E-state index is 5.99. The molecule has 2 aromatic carbocycles. The summed E-state index contributed by atoms with van der Waals surface area (Å²) in [6, 6.07) is 11.3. The first-order valence-electron chi connectivity index (χ1n) is 5.88. The zero-order valence-electron chi connectivity index (χ0n) is 10.3. The van der Waals surface area contributed by atoms with Crippen molar-refractivity contribution in [2.24, 2.45) is 5.73 Å². The Kier molecular flexibility index (Phi) is 5.75. The molecule has 0 spiro atoms. The van der Waals surface area contributed by atoms with Crippen LogP contribution in [0.1, 0.15) is 11.6 Å². The van der Waals surface area contributed by atoms with Gasteiger partial charge in [-0.25, -0.2) is 0 Å². The minimum Gasteiger partial charge on any atom is -0.377 e. The van der Waals surface area contributed by atoms with Crippen molar-refractivity contribution in [2.45, 2.75) is 6.04 Å². The number of rotatable bonds is 4. The number of nitrogens with two attached hydrogens (primary N) is 1. The lowest BCUT2D eigenvalue weighted by Crippen LogP contribution is -2.21. The Bertz CT molecular complexity index is 620. The number of anilines is 1. The molecule has 0 bridgehead atoms. The van der Waals surface area contributed by atoms with Crippen molar-refractivity contribution in [3.05, 3.63) is 61.0 Å². The van der Waals surface area contributed by atoms with Crippen molar-refractivity contribution in [1.82, 2.24) is 0 Å². The summed E-state index contributed by atoms with van der Waals surface area (Å²) in [5, 5.41) is 4.75. The minimum atomic E-state index is -0.0188. The summed E-state index contributed by atoms with van der Waals surface area (Å²) in [4.78, 5) is 0. The monoisotopic (exact) mass is 436 g/mol. The Balaban J connectivity index is 2.26. The third-order valence-electron chi connectivity index (χ3n) is 2.83. The van der Waals surface area contributed by atoms with E-state index in [9.17, 15) is 0 Å². The molecule has 0 aromatic heterocycles. The summed E-state index contributed by atoms with van der Waals surface area (Å²) >= 11 is 18.9. The smallest absolute Gasteiger partial charge is 0.0647 e. The van der Waals surface area contributed by atoms with Gasteiger partial charge in [0.25, 0.3) is 0 Å². The van der Waals surface area contributed by atoms with Crippen LogP contribution in [-0.2, 0) is 0 Å². The van der Waals surface area contributed by atoms with Gasteiger partial charge in [0.1, 0.15) is 0 Å². The summed E-state index contributed by atoms with van der Waals surface area (Å²) < 4.78 is 1.77. The van der Waals surface area contributed by atoms with Gasteiger partial charge in [-0.05, 0) is 51.8 Å². The lowest BCUT2D eigenvalue weighted by Gasteiger charge is -2.20. The van der Waals surface area contributed by atoms with E-state index in [2.05, 4.69) is 37.2 Å². The fraction of sp³-hybridized carbons (Fsp3) is 0.143. The summed E-state index contributed by atoms with van der Waals surface area (Å²) in [6.45, 7) is 0.459. The predicted molar refractivity (Wildman–Crippen MR) is 93.7 cm³/mol. The molecule has 0 radical (unpaired) electrons. The van der Waals surface area contributed by atoms with Crippen LogP contribution in [0.5, 0.6) is 0 Å². The van der Waals surface area contributed by atoms with Crippen LogP contribution >= 0.6 is 55.1 Å². The van der Waals surface area contributed by atoms with E-state index >= 15 is 0 Å². The standard InChI is InChI=1S/C14H12Br2Cl2N2/c15-11-5-8(17)1-3-10(11)14(7-19)20-9-2-4-13(18)12(16)6-9/h1-6,14,20H,7,19H2. The molecule has 0 fully saturated rings. The molecule has 0 amide bonds. The van der Waals surface area contributed by atoms with Gasteiger partial charge in [-0.3, -0.25) is 0 Å². The zero-order chi connectivity index (χ0) is 14.7. The largest absolute Gasteiger partial charge is 0.377 e. The van der Waals surface area contributed by atoms with Crippen molar-refractivity contribution in [3.8, 4) is 0 Å². The third-order valence-corrected chi connectivity index (χ3v) is 4.97. The highest BCUT2D eigenvalue weighted by atomic mass is 79.9. The van der Waals surface area contributed by atoms with Crippen LogP contribution in [0.15, 0.2) is 45.3 Å². The van der Waals surface area contributed by atoms with Gasteiger partial charge in [-0.1, -0.05) is 45.2 Å². The molecule has 1 atom stereocenters. The second-order valence-corrected chi connectivity index (χ2v) is 6.78. The van der Waals surface area contributed by atoms with Crippen molar-refractivity contribution in [2.75, 3.05) is 11.9 Å². The average molecular weight is 439 g/mol. The van der Waals surface area contributed by atoms with Crippen LogP contribution in [0.3, 0.4) is 0 Å². The first kappa shape index (κ1) is 16.1. The topological polar surface area (TPSA) is 38.0 Å². The molecule has 0 saturated carbocycles. The van der Waals surface area contributed by atoms with Gasteiger partial charge in [-0.2, -0.15) is 0 Å². The highest BCUT2D eigenvalue weighted by Gasteiger charge is 2.13. The van der Waals surface area contributed by atoms with Crippen LogP contribution in [0, 0.1) is 0 Å². The number of halogens is 4. The van der Waals surface area contributed by atoms with E-state index in [1.54, 1.807) is 0 Å². The Hall–Kier alpha value is -0.260. The van der Waals surface area contributed by atoms with Crippen molar-refractivity contribution in [1.29, 1.82) is 0 Å². The molecule has 106 valence electrons. The lowest BCUT2D eigenvalue weighted by molar-refractivity contribution is 0.786. The number of hydrogen-bond donors (Lipinski definition) is 2. The van der Waals surface area contributed by atoms with E-state index in [1.807, 2.05) is 36.4 Å². The summed E-state index contributed by atoms with van der Waals surface area (Å²) in [5.41, 5.74) is 7.87. The molecule has 1 unspecified atom stereocenters. The van der Waals surface area contributed by atoms with E-state index in [4.69, 9.17) is 28.9 Å². The molecule has 0 aliphatic rings. The average Bonchev–Trinajstić information content (AvgIpc) is 2.41. The molecule has 2 nitrogen and oxygen atoms in total. The van der Waals surface area contributed by atoms with Crippen molar-refractivity contribution < 1.29 is 0 Å². The van der Waals surface area contributed by atoms with Crippen molar-refractivity contribution >= 4 is 60.7 Å². The molecule has 20 heavy (non-hydrogen) atoms. The van der Waals surface area contributed by atoms with Crippen LogP contribution in [-0.4, -0.2) is 6.54 Å². The Morgan fingerprint density at radius 3 is 2.40 bits per heavy atom. The quantitative estimate of drug-likeness (QED) is 0.649. The Labute approximate surface area is 144 Å². The molecule has 6 heteroatoms. The van der Waals surface area contributed by atoms with E-state index in [0.717, 1.165) is 20.2 Å². The molecule has 2 rings (SSSR count). The highest BCUT2D eigenvalue weighted by Crippen LogP contribution is 2.31. The second-order valence-electron chi connectivity index (χ2n) is 4.23. The van der Waals surface area contributed by atoms with Gasteiger partial charge < -0.3 is 11.1 Å². The minimum absolute atomic E-state index is 0.0188. The maximum atomic E-state index is 5.99. The molecular formula is C14H12Br2Cl2N2. The van der Waals surface area contributed by atoms with E-state index < -0.39 is 0 Å². The fourth-order valence-electron chi connectivity index (χ4n) is 1.83. The van der Waals surface area contributed by atoms with Crippen LogP contribution < -0.4 is 11.1 Å².